The number of carbonyl (C=O) groups excluding carboxylic acids is 1. The van der Waals surface area contributed by atoms with E-state index >= 15 is 0 Å². The van der Waals surface area contributed by atoms with Gasteiger partial charge in [-0.1, -0.05) is 6.92 Å². The van der Waals surface area contributed by atoms with Crippen LogP contribution < -0.4 is 5.32 Å². The largest absolute Gasteiger partial charge is 0.356 e. The molecule has 0 unspecified atom stereocenters. The maximum absolute atomic E-state index is 12.9. The van der Waals surface area contributed by atoms with Crippen molar-refractivity contribution in [2.75, 3.05) is 19.6 Å². The number of carbonyl (C=O) groups is 1. The van der Waals surface area contributed by atoms with Gasteiger partial charge in [0, 0.05) is 25.6 Å². The average molecular weight is 328 g/mol. The minimum atomic E-state index is -3.61. The lowest BCUT2D eigenvalue weighted by Gasteiger charge is -2.30. The smallest absolute Gasteiger partial charge is 0.243 e. The fourth-order valence-electron chi connectivity index (χ4n) is 2.51. The van der Waals surface area contributed by atoms with Crippen LogP contribution in [0.15, 0.2) is 29.2 Å². The Labute approximate surface area is 130 Å². The van der Waals surface area contributed by atoms with Crippen molar-refractivity contribution in [2.45, 2.75) is 31.1 Å². The molecule has 22 heavy (non-hydrogen) atoms. The first-order valence-corrected chi connectivity index (χ1v) is 8.92. The van der Waals surface area contributed by atoms with Gasteiger partial charge in [0.1, 0.15) is 5.82 Å². The van der Waals surface area contributed by atoms with Crippen LogP contribution in [0.1, 0.15) is 26.2 Å². The van der Waals surface area contributed by atoms with E-state index in [4.69, 9.17) is 0 Å². The summed E-state index contributed by atoms with van der Waals surface area (Å²) in [6.07, 6.45) is 1.90. The molecule has 1 saturated heterocycles. The second kappa shape index (κ2) is 7.19. The summed E-state index contributed by atoms with van der Waals surface area (Å²) in [6.45, 7) is 3.25. The lowest BCUT2D eigenvalue weighted by molar-refractivity contribution is -0.126. The fourth-order valence-corrected chi connectivity index (χ4v) is 3.98. The molecule has 0 radical (unpaired) electrons. The molecule has 0 bridgehead atoms. The van der Waals surface area contributed by atoms with Crippen molar-refractivity contribution >= 4 is 15.9 Å². The van der Waals surface area contributed by atoms with Crippen molar-refractivity contribution in [1.29, 1.82) is 0 Å². The van der Waals surface area contributed by atoms with Gasteiger partial charge in [-0.25, -0.2) is 12.8 Å². The zero-order valence-corrected chi connectivity index (χ0v) is 13.4. The number of nitrogens with zero attached hydrogens (tertiary/aromatic N) is 1. The first-order chi connectivity index (χ1) is 10.4. The number of sulfonamides is 1. The van der Waals surface area contributed by atoms with E-state index in [0.717, 1.165) is 18.6 Å². The summed E-state index contributed by atoms with van der Waals surface area (Å²) in [6, 6.07) is 4.81. The molecule has 1 amide bonds. The summed E-state index contributed by atoms with van der Waals surface area (Å²) >= 11 is 0. The third kappa shape index (κ3) is 3.84. The molecule has 7 heteroatoms. The zero-order valence-electron chi connectivity index (χ0n) is 12.6. The van der Waals surface area contributed by atoms with Gasteiger partial charge in [0.15, 0.2) is 0 Å². The lowest BCUT2D eigenvalue weighted by Crippen LogP contribution is -2.43. The highest BCUT2D eigenvalue weighted by Gasteiger charge is 2.31. The summed E-state index contributed by atoms with van der Waals surface area (Å²) in [4.78, 5) is 12.0. The number of benzene rings is 1. The second-order valence-electron chi connectivity index (χ2n) is 5.42. The van der Waals surface area contributed by atoms with Crippen molar-refractivity contribution < 1.29 is 17.6 Å². The van der Waals surface area contributed by atoms with Crippen molar-refractivity contribution in [3.63, 3.8) is 0 Å². The summed E-state index contributed by atoms with van der Waals surface area (Å²) in [7, 11) is -3.61. The van der Waals surface area contributed by atoms with E-state index in [0.29, 0.717) is 32.5 Å². The summed E-state index contributed by atoms with van der Waals surface area (Å²) in [5.41, 5.74) is 0. The average Bonchev–Trinajstić information content (AvgIpc) is 2.53. The maximum atomic E-state index is 12.9. The molecule has 1 aliphatic heterocycles. The monoisotopic (exact) mass is 328 g/mol. The van der Waals surface area contributed by atoms with E-state index in [-0.39, 0.29) is 16.7 Å². The molecule has 1 N–H and O–H groups in total. The molecule has 1 aromatic carbocycles. The van der Waals surface area contributed by atoms with E-state index in [1.807, 2.05) is 6.92 Å². The molecule has 1 heterocycles. The van der Waals surface area contributed by atoms with Gasteiger partial charge < -0.3 is 5.32 Å². The van der Waals surface area contributed by atoms with Crippen LogP contribution in [0.25, 0.3) is 0 Å². The Morgan fingerprint density at radius 2 is 1.86 bits per heavy atom. The Kier molecular flexibility index (Phi) is 5.52. The van der Waals surface area contributed by atoms with Crippen LogP contribution in [0, 0.1) is 11.7 Å². The van der Waals surface area contributed by atoms with Crippen molar-refractivity contribution in [2.24, 2.45) is 5.92 Å². The van der Waals surface area contributed by atoms with Crippen molar-refractivity contribution in [3.8, 4) is 0 Å². The second-order valence-corrected chi connectivity index (χ2v) is 7.36. The molecule has 1 aromatic rings. The number of halogens is 1. The van der Waals surface area contributed by atoms with Crippen LogP contribution >= 0.6 is 0 Å². The van der Waals surface area contributed by atoms with Crippen LogP contribution in [-0.2, 0) is 14.8 Å². The summed E-state index contributed by atoms with van der Waals surface area (Å²) in [5.74, 6) is -0.600. The molecule has 0 saturated carbocycles. The zero-order chi connectivity index (χ0) is 16.2. The Bertz CT molecular complexity index is 608. The molecule has 0 spiro atoms. The Hall–Kier alpha value is -1.47. The third-order valence-corrected chi connectivity index (χ3v) is 5.74. The fraction of sp³-hybridized carbons (Fsp3) is 0.533. The minimum absolute atomic E-state index is 0.000630. The molecule has 0 aromatic heterocycles. The number of hydrogen-bond acceptors (Lipinski definition) is 3. The molecular weight excluding hydrogens is 307 g/mol. The third-order valence-electron chi connectivity index (χ3n) is 3.83. The number of piperidine rings is 1. The van der Waals surface area contributed by atoms with Gasteiger partial charge >= 0.3 is 0 Å². The van der Waals surface area contributed by atoms with Crippen LogP contribution in [0.3, 0.4) is 0 Å². The molecule has 0 aliphatic carbocycles. The van der Waals surface area contributed by atoms with Crippen LogP contribution in [0.2, 0.25) is 0 Å². The highest BCUT2D eigenvalue weighted by molar-refractivity contribution is 7.89. The SMILES string of the molecule is CCCNC(=O)C1CCN(S(=O)(=O)c2ccc(F)cc2)CC1. The van der Waals surface area contributed by atoms with Crippen LogP contribution in [0.5, 0.6) is 0 Å². The predicted molar refractivity (Wildman–Crippen MR) is 81.2 cm³/mol. The molecule has 5 nitrogen and oxygen atoms in total. The molecule has 122 valence electrons. The van der Waals surface area contributed by atoms with Gasteiger partial charge in [-0.3, -0.25) is 4.79 Å². The van der Waals surface area contributed by atoms with E-state index in [1.165, 1.54) is 16.4 Å². The normalized spacial score (nSPS) is 17.4. The number of rotatable bonds is 5. The minimum Gasteiger partial charge on any atom is -0.356 e. The number of amides is 1. The van der Waals surface area contributed by atoms with E-state index in [9.17, 15) is 17.6 Å². The van der Waals surface area contributed by atoms with Crippen molar-refractivity contribution in [3.05, 3.63) is 30.1 Å². The van der Waals surface area contributed by atoms with E-state index < -0.39 is 15.8 Å². The Morgan fingerprint density at radius 3 is 2.41 bits per heavy atom. The summed E-state index contributed by atoms with van der Waals surface area (Å²) < 4.78 is 39.2. The van der Waals surface area contributed by atoms with Crippen LogP contribution in [-0.4, -0.2) is 38.3 Å². The molecule has 1 aliphatic rings. The highest BCUT2D eigenvalue weighted by atomic mass is 32.2. The van der Waals surface area contributed by atoms with E-state index in [2.05, 4.69) is 5.32 Å². The summed E-state index contributed by atoms with van der Waals surface area (Å²) in [5, 5.41) is 2.84. The molecule has 0 atom stereocenters. The van der Waals surface area contributed by atoms with Crippen LogP contribution in [0.4, 0.5) is 4.39 Å². The molecular formula is C15H21FN2O3S. The van der Waals surface area contributed by atoms with E-state index in [1.54, 1.807) is 0 Å². The predicted octanol–water partition coefficient (Wildman–Crippen LogP) is 1.75. The number of nitrogens with one attached hydrogen (secondary N) is 1. The van der Waals surface area contributed by atoms with Gasteiger partial charge in [0.25, 0.3) is 0 Å². The lowest BCUT2D eigenvalue weighted by atomic mass is 9.97. The number of hydrogen-bond donors (Lipinski definition) is 1. The first-order valence-electron chi connectivity index (χ1n) is 7.48. The van der Waals surface area contributed by atoms with Gasteiger partial charge in [0.2, 0.25) is 15.9 Å². The quantitative estimate of drug-likeness (QED) is 0.895. The molecule has 2 rings (SSSR count). The molecule has 1 fully saturated rings. The maximum Gasteiger partial charge on any atom is 0.243 e. The van der Waals surface area contributed by atoms with Gasteiger partial charge in [0.05, 0.1) is 4.90 Å². The van der Waals surface area contributed by atoms with Gasteiger partial charge in [-0.05, 0) is 43.5 Å². The Morgan fingerprint density at radius 1 is 1.27 bits per heavy atom. The van der Waals surface area contributed by atoms with Gasteiger partial charge in [-0.15, -0.1) is 0 Å². The van der Waals surface area contributed by atoms with Crippen molar-refractivity contribution in [1.82, 2.24) is 9.62 Å². The van der Waals surface area contributed by atoms with Gasteiger partial charge in [-0.2, -0.15) is 4.31 Å². The Balaban J connectivity index is 1.98. The highest BCUT2D eigenvalue weighted by Crippen LogP contribution is 2.24. The topological polar surface area (TPSA) is 66.5 Å². The standard InChI is InChI=1S/C15H21FN2O3S/c1-2-9-17-15(19)12-7-10-18(11-8-12)22(20,21)14-5-3-13(16)4-6-14/h3-6,12H,2,7-11H2,1H3,(H,17,19). The first kappa shape index (κ1) is 16.9.